The van der Waals surface area contributed by atoms with Crippen LogP contribution < -0.4 is 5.56 Å². The molecule has 0 spiro atoms. The van der Waals surface area contributed by atoms with E-state index < -0.39 is 0 Å². The van der Waals surface area contributed by atoms with E-state index in [9.17, 15) is 9.90 Å². The lowest BCUT2D eigenvalue weighted by Gasteiger charge is -2.05. The molecule has 0 fully saturated rings. The Morgan fingerprint density at radius 2 is 2.13 bits per heavy atom. The van der Waals surface area contributed by atoms with E-state index in [-0.39, 0.29) is 22.6 Å². The fourth-order valence-corrected chi connectivity index (χ4v) is 1.71. The molecule has 0 saturated heterocycles. The van der Waals surface area contributed by atoms with Gasteiger partial charge in [-0.15, -0.1) is 0 Å². The van der Waals surface area contributed by atoms with Crippen LogP contribution in [0.15, 0.2) is 17.1 Å². The lowest BCUT2D eigenvalue weighted by atomic mass is 10.3. The maximum Gasteiger partial charge on any atom is 0.264 e. The van der Waals surface area contributed by atoms with Crippen molar-refractivity contribution in [1.29, 1.82) is 0 Å². The molecule has 2 aromatic rings. The third kappa shape index (κ3) is 1.47. The Bertz CT molecular complexity index is 604. The van der Waals surface area contributed by atoms with E-state index in [0.29, 0.717) is 5.02 Å². The molecule has 2 rings (SSSR count). The second-order valence-electron chi connectivity index (χ2n) is 3.42. The number of hydrogen-bond acceptors (Lipinski definition) is 3. The monoisotopic (exact) mass is 224 g/mol. The summed E-state index contributed by atoms with van der Waals surface area (Å²) >= 11 is 5.93. The molecular weight excluding hydrogens is 216 g/mol. The number of aromatic nitrogens is 2. The third-order valence-corrected chi connectivity index (χ3v) is 2.49. The van der Waals surface area contributed by atoms with Gasteiger partial charge in [-0.05, 0) is 25.5 Å². The molecule has 4 nitrogen and oxygen atoms in total. The van der Waals surface area contributed by atoms with Crippen molar-refractivity contribution in [3.05, 3.63) is 38.8 Å². The minimum Gasteiger partial charge on any atom is -0.493 e. The Morgan fingerprint density at radius 1 is 1.47 bits per heavy atom. The maximum absolute atomic E-state index is 11.8. The molecular formula is C10H9ClN2O2. The topological polar surface area (TPSA) is 54.6 Å². The summed E-state index contributed by atoms with van der Waals surface area (Å²) in [6.07, 6.45) is 1.64. The van der Waals surface area contributed by atoms with Crippen molar-refractivity contribution in [3.63, 3.8) is 0 Å². The van der Waals surface area contributed by atoms with Gasteiger partial charge in [0.25, 0.3) is 5.56 Å². The number of halogens is 1. The van der Waals surface area contributed by atoms with Gasteiger partial charge in [-0.3, -0.25) is 9.20 Å². The Hall–Kier alpha value is -1.55. The number of hydrogen-bond donors (Lipinski definition) is 1. The highest BCUT2D eigenvalue weighted by atomic mass is 35.5. The zero-order valence-electron chi connectivity index (χ0n) is 8.28. The van der Waals surface area contributed by atoms with Crippen molar-refractivity contribution >= 4 is 17.2 Å². The first-order chi connectivity index (χ1) is 7.00. The Morgan fingerprint density at radius 3 is 2.80 bits per heavy atom. The van der Waals surface area contributed by atoms with E-state index >= 15 is 0 Å². The highest BCUT2D eigenvalue weighted by Crippen LogP contribution is 2.18. The molecule has 0 aromatic carbocycles. The molecule has 78 valence electrons. The van der Waals surface area contributed by atoms with Gasteiger partial charge in [0.1, 0.15) is 0 Å². The van der Waals surface area contributed by atoms with Crippen molar-refractivity contribution in [2.45, 2.75) is 13.8 Å². The Balaban J connectivity index is 3.06. The molecule has 5 heteroatoms. The summed E-state index contributed by atoms with van der Waals surface area (Å²) in [5, 5.41) is 9.76. The van der Waals surface area contributed by atoms with Gasteiger partial charge in [-0.1, -0.05) is 11.6 Å². The molecule has 0 aliphatic carbocycles. The second kappa shape index (κ2) is 3.24. The Labute approximate surface area is 90.8 Å². The van der Waals surface area contributed by atoms with Crippen molar-refractivity contribution in [3.8, 4) is 5.88 Å². The molecule has 0 atom stereocenters. The minimum absolute atomic E-state index is 0.217. The highest BCUT2D eigenvalue weighted by molar-refractivity contribution is 6.33. The minimum atomic E-state index is -0.303. The van der Waals surface area contributed by atoms with Crippen LogP contribution in [0, 0.1) is 13.8 Å². The first kappa shape index (κ1) is 9.98. The van der Waals surface area contributed by atoms with Gasteiger partial charge in [-0.25, -0.2) is 0 Å². The van der Waals surface area contributed by atoms with Crippen LogP contribution in [0.4, 0.5) is 0 Å². The zero-order valence-corrected chi connectivity index (χ0v) is 9.04. The smallest absolute Gasteiger partial charge is 0.264 e. The molecule has 0 aliphatic heterocycles. The average Bonchev–Trinajstić information content (AvgIpc) is 2.17. The number of aryl methyl sites for hydroxylation is 1. The van der Waals surface area contributed by atoms with Crippen LogP contribution in [0.1, 0.15) is 11.1 Å². The van der Waals surface area contributed by atoms with Crippen molar-refractivity contribution < 1.29 is 5.11 Å². The third-order valence-electron chi connectivity index (χ3n) is 2.22. The van der Waals surface area contributed by atoms with E-state index in [1.165, 1.54) is 11.3 Å². The first-order valence-corrected chi connectivity index (χ1v) is 4.76. The van der Waals surface area contributed by atoms with Crippen LogP contribution in [-0.2, 0) is 0 Å². The molecule has 15 heavy (non-hydrogen) atoms. The summed E-state index contributed by atoms with van der Waals surface area (Å²) < 4.78 is 1.34. The average molecular weight is 225 g/mol. The lowest BCUT2D eigenvalue weighted by Crippen LogP contribution is -2.17. The van der Waals surface area contributed by atoms with Crippen LogP contribution in [0.2, 0.25) is 5.02 Å². The summed E-state index contributed by atoms with van der Waals surface area (Å²) in [5.41, 5.74) is 1.05. The fraction of sp³-hybridized carbons (Fsp3) is 0.200. The number of nitrogens with zero attached hydrogens (tertiary/aromatic N) is 2. The van der Waals surface area contributed by atoms with E-state index in [0.717, 1.165) is 5.56 Å². The SMILES string of the molecule is Cc1cc(Cl)c2nc(O)c(C)c(=O)n2c1. The van der Waals surface area contributed by atoms with Crippen molar-refractivity contribution in [2.24, 2.45) is 0 Å². The molecule has 1 N–H and O–H groups in total. The lowest BCUT2D eigenvalue weighted by molar-refractivity contribution is 0.448. The van der Waals surface area contributed by atoms with Gasteiger partial charge in [0, 0.05) is 6.20 Å². The summed E-state index contributed by atoms with van der Waals surface area (Å²) in [6, 6.07) is 1.69. The van der Waals surface area contributed by atoms with E-state index in [1.54, 1.807) is 12.3 Å². The van der Waals surface area contributed by atoms with Crippen molar-refractivity contribution in [2.75, 3.05) is 0 Å². The molecule has 0 saturated carbocycles. The van der Waals surface area contributed by atoms with Gasteiger partial charge in [-0.2, -0.15) is 4.98 Å². The van der Waals surface area contributed by atoms with E-state index in [4.69, 9.17) is 11.6 Å². The summed E-state index contributed by atoms with van der Waals surface area (Å²) in [5.74, 6) is -0.272. The van der Waals surface area contributed by atoms with Gasteiger partial charge >= 0.3 is 0 Å². The first-order valence-electron chi connectivity index (χ1n) is 4.39. The normalized spacial score (nSPS) is 10.9. The molecule has 0 aliphatic rings. The summed E-state index contributed by atoms with van der Waals surface area (Å²) in [7, 11) is 0. The van der Waals surface area contributed by atoms with Gasteiger partial charge in [0.05, 0.1) is 10.6 Å². The van der Waals surface area contributed by atoms with Gasteiger partial charge in [0.15, 0.2) is 5.65 Å². The second-order valence-corrected chi connectivity index (χ2v) is 3.83. The number of rotatable bonds is 0. The van der Waals surface area contributed by atoms with Gasteiger partial charge in [0.2, 0.25) is 5.88 Å². The molecule has 2 aromatic heterocycles. The van der Waals surface area contributed by atoms with Crippen LogP contribution >= 0.6 is 11.6 Å². The van der Waals surface area contributed by atoms with Crippen LogP contribution in [-0.4, -0.2) is 14.5 Å². The van der Waals surface area contributed by atoms with Gasteiger partial charge < -0.3 is 5.11 Å². The molecule has 0 unspecified atom stereocenters. The summed E-state index contributed by atoms with van der Waals surface area (Å²) in [6.45, 7) is 3.35. The molecule has 0 bridgehead atoms. The Kier molecular flexibility index (Phi) is 2.16. The number of pyridine rings is 1. The van der Waals surface area contributed by atoms with Crippen LogP contribution in [0.25, 0.3) is 5.65 Å². The van der Waals surface area contributed by atoms with E-state index in [1.807, 2.05) is 6.92 Å². The fourth-order valence-electron chi connectivity index (χ4n) is 1.40. The predicted molar refractivity (Wildman–Crippen MR) is 57.6 cm³/mol. The zero-order chi connectivity index (χ0) is 11.2. The molecule has 2 heterocycles. The number of aromatic hydroxyl groups is 1. The van der Waals surface area contributed by atoms with Crippen LogP contribution in [0.3, 0.4) is 0 Å². The molecule has 0 amide bonds. The number of fused-ring (bicyclic) bond motifs is 1. The standard InChI is InChI=1S/C10H9ClN2O2/c1-5-3-7(11)8-12-9(14)6(2)10(15)13(8)4-5/h3-4,14H,1-2H3. The molecule has 0 radical (unpaired) electrons. The quantitative estimate of drug-likeness (QED) is 0.741. The highest BCUT2D eigenvalue weighted by Gasteiger charge is 2.10. The van der Waals surface area contributed by atoms with Crippen LogP contribution in [0.5, 0.6) is 5.88 Å². The van der Waals surface area contributed by atoms with Crippen molar-refractivity contribution in [1.82, 2.24) is 9.38 Å². The summed E-state index contributed by atoms with van der Waals surface area (Å²) in [4.78, 5) is 15.6. The van der Waals surface area contributed by atoms with E-state index in [2.05, 4.69) is 4.98 Å². The maximum atomic E-state index is 11.8. The largest absolute Gasteiger partial charge is 0.493 e. The predicted octanol–water partition coefficient (Wildman–Crippen LogP) is 1.67.